The summed E-state index contributed by atoms with van der Waals surface area (Å²) in [4.78, 5) is 14.5. The first-order valence-corrected chi connectivity index (χ1v) is 8.25. The number of carbonyl (C=O) groups excluding carboxylic acids is 1. The zero-order valence-corrected chi connectivity index (χ0v) is 13.4. The molecule has 1 saturated heterocycles. The highest BCUT2D eigenvalue weighted by atomic mass is 35.5. The fraction of sp³-hybridized carbons (Fsp3) is 0.588. The Balaban J connectivity index is 1.87. The molecule has 4 atom stereocenters. The number of hydrogen-bond acceptors (Lipinski definition) is 2. The lowest BCUT2D eigenvalue weighted by molar-refractivity contribution is -0.132. The highest BCUT2D eigenvalue weighted by Gasteiger charge is 2.41. The number of benzene rings is 1. The number of carbonyl (C=O) groups is 1. The van der Waals surface area contributed by atoms with Crippen molar-refractivity contribution in [1.82, 2.24) is 10.2 Å². The Morgan fingerprint density at radius 2 is 1.90 bits per heavy atom. The van der Waals surface area contributed by atoms with Gasteiger partial charge in [-0.05, 0) is 36.0 Å². The zero-order chi connectivity index (χ0) is 15.0. The van der Waals surface area contributed by atoms with Crippen LogP contribution in [-0.4, -0.2) is 23.4 Å². The number of nitrogens with one attached hydrogen (secondary N) is 1. The van der Waals surface area contributed by atoms with Crippen LogP contribution in [0, 0.1) is 11.8 Å². The smallest absolute Gasteiger partial charge is 0.238 e. The molecule has 2 aliphatic rings. The molecule has 0 aromatic heterocycles. The highest BCUT2D eigenvalue weighted by Crippen LogP contribution is 2.37. The maximum absolute atomic E-state index is 12.4. The lowest BCUT2D eigenvalue weighted by atomic mass is 9.77. The fourth-order valence-electron chi connectivity index (χ4n) is 3.76. The molecule has 1 aromatic rings. The van der Waals surface area contributed by atoms with Crippen LogP contribution >= 0.6 is 11.6 Å². The molecular formula is C17H23ClN2O. The van der Waals surface area contributed by atoms with Crippen molar-refractivity contribution in [1.29, 1.82) is 0 Å². The van der Waals surface area contributed by atoms with Crippen LogP contribution in [0.4, 0.5) is 0 Å². The summed E-state index contributed by atoms with van der Waals surface area (Å²) in [6.45, 7) is 5.03. The minimum absolute atomic E-state index is 0.00693. The second kappa shape index (κ2) is 5.98. The molecule has 1 aromatic carbocycles. The Kier molecular flexibility index (Phi) is 4.23. The molecule has 0 radical (unpaired) electrons. The molecule has 2 fully saturated rings. The van der Waals surface area contributed by atoms with Crippen molar-refractivity contribution in [2.24, 2.45) is 11.8 Å². The van der Waals surface area contributed by atoms with Crippen LogP contribution in [-0.2, 0) is 4.79 Å². The molecule has 3 rings (SSSR count). The van der Waals surface area contributed by atoms with Gasteiger partial charge in [-0.3, -0.25) is 10.1 Å². The van der Waals surface area contributed by atoms with Crippen LogP contribution in [0.1, 0.15) is 44.8 Å². The van der Waals surface area contributed by atoms with Crippen molar-refractivity contribution >= 4 is 17.5 Å². The summed E-state index contributed by atoms with van der Waals surface area (Å²) in [5.74, 6) is 1.46. The number of nitrogens with zero attached hydrogens (tertiary/aromatic N) is 1. The van der Waals surface area contributed by atoms with Gasteiger partial charge in [0.05, 0.1) is 6.54 Å². The van der Waals surface area contributed by atoms with Gasteiger partial charge in [-0.15, -0.1) is 0 Å². The summed E-state index contributed by atoms with van der Waals surface area (Å²) >= 11 is 5.97. The van der Waals surface area contributed by atoms with Crippen LogP contribution in [0.2, 0.25) is 5.02 Å². The van der Waals surface area contributed by atoms with Crippen LogP contribution in [0.5, 0.6) is 0 Å². The summed E-state index contributed by atoms with van der Waals surface area (Å²) < 4.78 is 0. The quantitative estimate of drug-likeness (QED) is 0.905. The summed E-state index contributed by atoms with van der Waals surface area (Å²) in [5.41, 5.74) is 1.12. The average molecular weight is 307 g/mol. The van der Waals surface area contributed by atoms with E-state index >= 15 is 0 Å². The van der Waals surface area contributed by atoms with Crippen LogP contribution in [0.25, 0.3) is 0 Å². The van der Waals surface area contributed by atoms with Crippen molar-refractivity contribution in [3.8, 4) is 0 Å². The van der Waals surface area contributed by atoms with Crippen molar-refractivity contribution in [3.63, 3.8) is 0 Å². The monoisotopic (exact) mass is 306 g/mol. The van der Waals surface area contributed by atoms with Gasteiger partial charge < -0.3 is 4.90 Å². The van der Waals surface area contributed by atoms with E-state index < -0.39 is 0 Å². The molecule has 0 spiro atoms. The normalized spacial score (nSPS) is 33.5. The summed E-state index contributed by atoms with van der Waals surface area (Å²) in [6.07, 6.45) is 3.60. The van der Waals surface area contributed by atoms with E-state index in [0.29, 0.717) is 24.4 Å². The molecule has 1 amide bonds. The first-order chi connectivity index (χ1) is 10.1. The molecule has 3 nitrogen and oxygen atoms in total. The Hall–Kier alpha value is -1.06. The summed E-state index contributed by atoms with van der Waals surface area (Å²) in [6, 6.07) is 8.17. The van der Waals surface area contributed by atoms with E-state index in [9.17, 15) is 4.79 Å². The third-order valence-electron chi connectivity index (χ3n) is 5.22. The van der Waals surface area contributed by atoms with Crippen LogP contribution < -0.4 is 5.32 Å². The SMILES string of the molecule is CC1CCCC(N2C(=O)CNC2c2ccc(Cl)cc2)C1C. The molecule has 1 aliphatic carbocycles. The van der Waals surface area contributed by atoms with Crippen molar-refractivity contribution in [2.45, 2.75) is 45.3 Å². The maximum Gasteiger partial charge on any atom is 0.238 e. The molecule has 1 heterocycles. The first kappa shape index (κ1) is 14.9. The Morgan fingerprint density at radius 1 is 1.19 bits per heavy atom. The predicted octanol–water partition coefficient (Wildman–Crippen LogP) is 3.60. The number of rotatable bonds is 2. The molecule has 21 heavy (non-hydrogen) atoms. The molecule has 1 aliphatic heterocycles. The lowest BCUT2D eigenvalue weighted by Crippen LogP contribution is -2.46. The molecule has 4 unspecified atom stereocenters. The largest absolute Gasteiger partial charge is 0.319 e. The predicted molar refractivity (Wildman–Crippen MR) is 85.0 cm³/mol. The fourth-order valence-corrected chi connectivity index (χ4v) is 3.89. The number of halogens is 1. The molecular weight excluding hydrogens is 284 g/mol. The zero-order valence-electron chi connectivity index (χ0n) is 12.7. The van der Waals surface area contributed by atoms with E-state index in [-0.39, 0.29) is 12.1 Å². The molecule has 0 bridgehead atoms. The first-order valence-electron chi connectivity index (χ1n) is 7.88. The van der Waals surface area contributed by atoms with Gasteiger partial charge in [0.2, 0.25) is 5.91 Å². The van der Waals surface area contributed by atoms with Crippen LogP contribution in [0.3, 0.4) is 0 Å². The third-order valence-corrected chi connectivity index (χ3v) is 5.47. The van der Waals surface area contributed by atoms with Gasteiger partial charge in [-0.1, -0.05) is 50.4 Å². The minimum atomic E-state index is -0.00693. The molecule has 1 saturated carbocycles. The second-order valence-corrected chi connectivity index (χ2v) is 6.91. The van der Waals surface area contributed by atoms with Gasteiger partial charge in [0.1, 0.15) is 6.17 Å². The van der Waals surface area contributed by atoms with E-state index in [4.69, 9.17) is 11.6 Å². The summed E-state index contributed by atoms with van der Waals surface area (Å²) in [7, 11) is 0. The van der Waals surface area contributed by atoms with Crippen molar-refractivity contribution in [2.75, 3.05) is 6.54 Å². The summed E-state index contributed by atoms with van der Waals surface area (Å²) in [5, 5.41) is 4.09. The van der Waals surface area contributed by atoms with E-state index in [2.05, 4.69) is 24.1 Å². The van der Waals surface area contributed by atoms with E-state index in [1.54, 1.807) is 0 Å². The van der Waals surface area contributed by atoms with E-state index in [0.717, 1.165) is 17.0 Å². The molecule has 114 valence electrons. The minimum Gasteiger partial charge on any atom is -0.319 e. The van der Waals surface area contributed by atoms with Crippen molar-refractivity contribution < 1.29 is 4.79 Å². The topological polar surface area (TPSA) is 32.3 Å². The van der Waals surface area contributed by atoms with E-state index in [1.165, 1.54) is 12.8 Å². The molecule has 1 N–H and O–H groups in total. The molecule has 4 heteroatoms. The van der Waals surface area contributed by atoms with Gasteiger partial charge in [0.15, 0.2) is 0 Å². The van der Waals surface area contributed by atoms with E-state index in [1.807, 2.05) is 24.3 Å². The Labute approximate surface area is 131 Å². The van der Waals surface area contributed by atoms with Crippen LogP contribution in [0.15, 0.2) is 24.3 Å². The highest BCUT2D eigenvalue weighted by molar-refractivity contribution is 6.30. The maximum atomic E-state index is 12.4. The Bertz CT molecular complexity index is 516. The Morgan fingerprint density at radius 3 is 2.62 bits per heavy atom. The van der Waals surface area contributed by atoms with Gasteiger partial charge in [-0.2, -0.15) is 0 Å². The van der Waals surface area contributed by atoms with Gasteiger partial charge in [0.25, 0.3) is 0 Å². The lowest BCUT2D eigenvalue weighted by Gasteiger charge is -2.42. The van der Waals surface area contributed by atoms with Gasteiger partial charge in [-0.25, -0.2) is 0 Å². The van der Waals surface area contributed by atoms with Gasteiger partial charge >= 0.3 is 0 Å². The third kappa shape index (κ3) is 2.82. The number of hydrogen-bond donors (Lipinski definition) is 1. The second-order valence-electron chi connectivity index (χ2n) is 6.47. The van der Waals surface area contributed by atoms with Crippen molar-refractivity contribution in [3.05, 3.63) is 34.9 Å². The number of amides is 1. The standard InChI is InChI=1S/C17H23ClN2O/c1-11-4-3-5-15(12(11)2)20-16(21)10-19-17(20)13-6-8-14(18)9-7-13/h6-9,11-12,15,17,19H,3-5,10H2,1-2H3. The average Bonchev–Trinajstić information content (AvgIpc) is 2.85. The van der Waals surface area contributed by atoms with Gasteiger partial charge in [0, 0.05) is 11.1 Å².